The van der Waals surface area contributed by atoms with Crippen molar-refractivity contribution in [2.45, 2.75) is 58.3 Å². The van der Waals surface area contributed by atoms with Crippen LogP contribution in [0.1, 0.15) is 61.6 Å². The summed E-state index contributed by atoms with van der Waals surface area (Å²) < 4.78 is 55.6. The van der Waals surface area contributed by atoms with E-state index < -0.39 is 23.3 Å². The predicted molar refractivity (Wildman–Crippen MR) is 112 cm³/mol. The maximum Gasteiger partial charge on any atom is 0.166 e. The Morgan fingerprint density at radius 2 is 1.57 bits per heavy atom. The Kier molecular flexibility index (Phi) is 6.31. The molecule has 2 aromatic rings. The first-order valence-corrected chi connectivity index (χ1v) is 11.0. The molecule has 0 aromatic heterocycles. The van der Waals surface area contributed by atoms with E-state index in [1.165, 1.54) is 0 Å². The molecule has 1 unspecified atom stereocenters. The van der Waals surface area contributed by atoms with Crippen molar-refractivity contribution in [1.82, 2.24) is 0 Å². The Morgan fingerprint density at radius 3 is 2.27 bits per heavy atom. The maximum atomic E-state index is 14.3. The van der Waals surface area contributed by atoms with Crippen molar-refractivity contribution in [2.24, 2.45) is 17.8 Å². The van der Waals surface area contributed by atoms with Gasteiger partial charge in [0.05, 0.1) is 0 Å². The lowest BCUT2D eigenvalue weighted by molar-refractivity contribution is 0.193. The van der Waals surface area contributed by atoms with Crippen LogP contribution in [-0.2, 0) is 6.42 Å². The lowest BCUT2D eigenvalue weighted by Crippen LogP contribution is -2.24. The van der Waals surface area contributed by atoms with Crippen LogP contribution < -0.4 is 0 Å². The van der Waals surface area contributed by atoms with Crippen LogP contribution in [0.15, 0.2) is 36.4 Å². The molecule has 0 saturated heterocycles. The average molecular weight is 417 g/mol. The summed E-state index contributed by atoms with van der Waals surface area (Å²) >= 11 is 0. The smallest absolute Gasteiger partial charge is 0.166 e. The summed E-state index contributed by atoms with van der Waals surface area (Å²) in [7, 11) is 0. The topological polar surface area (TPSA) is 0 Å². The van der Waals surface area contributed by atoms with Gasteiger partial charge in [-0.05, 0) is 98.8 Å². The molecule has 0 nitrogen and oxygen atoms in total. The lowest BCUT2D eigenvalue weighted by Gasteiger charge is -2.35. The molecule has 1 atom stereocenters. The van der Waals surface area contributed by atoms with Crippen molar-refractivity contribution in [3.63, 3.8) is 0 Å². The van der Waals surface area contributed by atoms with E-state index in [0.717, 1.165) is 56.6 Å². The van der Waals surface area contributed by atoms with Gasteiger partial charge in [-0.25, -0.2) is 17.6 Å². The second-order valence-corrected chi connectivity index (χ2v) is 9.02. The van der Waals surface area contributed by atoms with Gasteiger partial charge in [0.15, 0.2) is 23.3 Å². The largest absolute Gasteiger partial charge is 0.204 e. The molecule has 4 heteroatoms. The minimum absolute atomic E-state index is 0.334. The third-order valence-electron chi connectivity index (χ3n) is 7.17. The molecule has 0 spiro atoms. The Labute approximate surface area is 176 Å². The fourth-order valence-corrected chi connectivity index (χ4v) is 5.30. The number of allylic oxidation sites excluding steroid dienone is 2. The molecule has 0 radical (unpaired) electrons. The summed E-state index contributed by atoms with van der Waals surface area (Å²) in [6.45, 7) is 1.58. The monoisotopic (exact) mass is 416 g/mol. The molecule has 0 N–H and O–H groups in total. The Morgan fingerprint density at radius 1 is 0.800 bits per heavy atom. The van der Waals surface area contributed by atoms with Gasteiger partial charge in [0, 0.05) is 5.56 Å². The minimum atomic E-state index is -0.768. The third-order valence-corrected chi connectivity index (χ3v) is 7.17. The van der Waals surface area contributed by atoms with E-state index in [1.54, 1.807) is 31.2 Å². The van der Waals surface area contributed by atoms with Crippen LogP contribution in [-0.4, -0.2) is 0 Å². The van der Waals surface area contributed by atoms with E-state index in [-0.39, 0.29) is 0 Å². The van der Waals surface area contributed by atoms with Gasteiger partial charge in [0.1, 0.15) is 0 Å². The van der Waals surface area contributed by atoms with Gasteiger partial charge in [-0.2, -0.15) is 0 Å². The van der Waals surface area contributed by atoms with E-state index in [2.05, 4.69) is 6.08 Å². The van der Waals surface area contributed by atoms with Gasteiger partial charge in [-0.1, -0.05) is 30.3 Å². The summed E-state index contributed by atoms with van der Waals surface area (Å²) in [5.74, 6) is -1.36. The van der Waals surface area contributed by atoms with Crippen LogP contribution in [0.25, 0.3) is 5.57 Å². The van der Waals surface area contributed by atoms with Gasteiger partial charge in [-0.15, -0.1) is 0 Å². The molecule has 1 fully saturated rings. The van der Waals surface area contributed by atoms with Crippen LogP contribution in [0.5, 0.6) is 0 Å². The molecular weight excluding hydrogens is 388 g/mol. The molecule has 2 aliphatic rings. The number of hydrogen-bond donors (Lipinski definition) is 0. The third kappa shape index (κ3) is 4.33. The normalized spacial score (nSPS) is 24.6. The molecule has 0 aliphatic heterocycles. The van der Waals surface area contributed by atoms with Crippen molar-refractivity contribution in [2.75, 3.05) is 0 Å². The fourth-order valence-electron chi connectivity index (χ4n) is 5.30. The van der Waals surface area contributed by atoms with Gasteiger partial charge in [0.2, 0.25) is 0 Å². The maximum absolute atomic E-state index is 14.3. The van der Waals surface area contributed by atoms with Crippen LogP contribution in [0.2, 0.25) is 0 Å². The van der Waals surface area contributed by atoms with E-state index in [1.807, 2.05) is 0 Å². The molecule has 2 aromatic carbocycles. The van der Waals surface area contributed by atoms with Gasteiger partial charge >= 0.3 is 0 Å². The zero-order valence-corrected chi connectivity index (χ0v) is 17.4. The number of aryl methyl sites for hydroxylation is 1. The summed E-state index contributed by atoms with van der Waals surface area (Å²) in [6, 6.07) is 7.76. The Hall–Kier alpha value is -2.10. The number of halogens is 4. The molecule has 0 amide bonds. The van der Waals surface area contributed by atoms with Crippen molar-refractivity contribution in [3.05, 3.63) is 76.4 Å². The van der Waals surface area contributed by atoms with E-state index in [4.69, 9.17) is 0 Å². The predicted octanol–water partition coefficient (Wildman–Crippen LogP) is 7.78. The molecule has 160 valence electrons. The fraction of sp³-hybridized carbons (Fsp3) is 0.462. The minimum Gasteiger partial charge on any atom is -0.204 e. The van der Waals surface area contributed by atoms with Crippen molar-refractivity contribution in [3.8, 4) is 0 Å². The number of rotatable bonds is 4. The zero-order chi connectivity index (χ0) is 21.3. The molecular formula is C26H28F4. The van der Waals surface area contributed by atoms with Crippen LogP contribution in [0.3, 0.4) is 0 Å². The van der Waals surface area contributed by atoms with Gasteiger partial charge in [-0.3, -0.25) is 0 Å². The average Bonchev–Trinajstić information content (AvgIpc) is 2.76. The highest BCUT2D eigenvalue weighted by Gasteiger charge is 2.30. The van der Waals surface area contributed by atoms with Crippen LogP contribution >= 0.6 is 0 Å². The highest BCUT2D eigenvalue weighted by molar-refractivity contribution is 5.67. The zero-order valence-electron chi connectivity index (χ0n) is 17.4. The highest BCUT2D eigenvalue weighted by Crippen LogP contribution is 2.42. The van der Waals surface area contributed by atoms with Crippen LogP contribution in [0, 0.1) is 47.9 Å². The van der Waals surface area contributed by atoms with Crippen molar-refractivity contribution in [1.29, 1.82) is 0 Å². The summed E-state index contributed by atoms with van der Waals surface area (Å²) in [6.07, 6.45) is 9.63. The second kappa shape index (κ2) is 8.95. The number of benzene rings is 2. The van der Waals surface area contributed by atoms with E-state index >= 15 is 0 Å². The SMILES string of the molecule is Cc1ccc(C2=CCC(C3CCC(Cc4cccc(F)c4F)CC3)CC2)c(F)c1F. The van der Waals surface area contributed by atoms with Crippen molar-refractivity contribution < 1.29 is 17.6 Å². The van der Waals surface area contributed by atoms with E-state index in [9.17, 15) is 17.6 Å². The summed E-state index contributed by atoms with van der Waals surface area (Å²) in [5, 5.41) is 0. The molecule has 4 rings (SSSR count). The van der Waals surface area contributed by atoms with Gasteiger partial charge in [0.25, 0.3) is 0 Å². The first kappa shape index (κ1) is 21.1. The van der Waals surface area contributed by atoms with Crippen molar-refractivity contribution >= 4 is 5.57 Å². The first-order chi connectivity index (χ1) is 14.4. The lowest BCUT2D eigenvalue weighted by atomic mass is 9.70. The first-order valence-electron chi connectivity index (χ1n) is 11.0. The van der Waals surface area contributed by atoms with E-state index in [0.29, 0.717) is 40.9 Å². The standard InChI is InChI=1S/C26H28F4/c1-16-5-14-22(26(30)24(16)28)20-12-10-19(11-13-20)18-8-6-17(7-9-18)15-21-3-2-4-23(27)25(21)29/h2-5,12,14,17-19H,6-11,13,15H2,1H3. The van der Waals surface area contributed by atoms with Crippen LogP contribution in [0.4, 0.5) is 17.6 Å². The highest BCUT2D eigenvalue weighted by atomic mass is 19.2. The second-order valence-electron chi connectivity index (χ2n) is 9.02. The molecule has 1 saturated carbocycles. The molecule has 0 bridgehead atoms. The molecule has 30 heavy (non-hydrogen) atoms. The molecule has 0 heterocycles. The quantitative estimate of drug-likeness (QED) is 0.446. The van der Waals surface area contributed by atoms with Gasteiger partial charge < -0.3 is 0 Å². The Balaban J connectivity index is 1.33. The summed E-state index contributed by atoms with van der Waals surface area (Å²) in [4.78, 5) is 0. The summed E-state index contributed by atoms with van der Waals surface area (Å²) in [5.41, 5.74) is 2.13. The Bertz CT molecular complexity index is 938. The molecule has 2 aliphatic carbocycles. The number of hydrogen-bond acceptors (Lipinski definition) is 0.